The van der Waals surface area contributed by atoms with Crippen LogP contribution >= 0.6 is 11.3 Å². The molecule has 2 rings (SSSR count). The zero-order valence-electron chi connectivity index (χ0n) is 10.1. The third-order valence-corrected chi connectivity index (χ3v) is 3.41. The monoisotopic (exact) mass is 246 g/mol. The molecular weight excluding hydrogens is 232 g/mol. The van der Waals surface area contributed by atoms with E-state index in [9.17, 15) is 4.79 Å². The van der Waals surface area contributed by atoms with Crippen LogP contribution in [-0.4, -0.2) is 10.9 Å². The van der Waals surface area contributed by atoms with Crippen LogP contribution in [0.1, 0.15) is 25.8 Å². The summed E-state index contributed by atoms with van der Waals surface area (Å²) >= 11 is 1.64. The van der Waals surface area contributed by atoms with E-state index in [2.05, 4.69) is 10.3 Å². The first kappa shape index (κ1) is 11.8. The lowest BCUT2D eigenvalue weighted by Crippen LogP contribution is -2.12. The van der Waals surface area contributed by atoms with E-state index in [0.717, 1.165) is 26.7 Å². The van der Waals surface area contributed by atoms with Crippen LogP contribution in [0.15, 0.2) is 24.4 Å². The van der Waals surface area contributed by atoms with Gasteiger partial charge >= 0.3 is 0 Å². The summed E-state index contributed by atoms with van der Waals surface area (Å²) in [4.78, 5) is 18.3. The number of carbonyl (C=O) groups excluding carboxylic acids is 1. The van der Waals surface area contributed by atoms with Crippen LogP contribution in [0.2, 0.25) is 0 Å². The van der Waals surface area contributed by atoms with Crippen molar-refractivity contribution in [3.05, 3.63) is 45.4 Å². The average molecular weight is 246 g/mol. The number of nitrogens with zero attached hydrogens (tertiary/aromatic N) is 1. The van der Waals surface area contributed by atoms with Crippen molar-refractivity contribution >= 4 is 22.9 Å². The lowest BCUT2D eigenvalue weighted by atomic mass is 10.2. The SMILES string of the molecule is Cc1cc(NC(=O)c2cc(C)sc2C)ccn1. The molecule has 0 atom stereocenters. The number of anilines is 1. The Morgan fingerprint density at radius 2 is 2.06 bits per heavy atom. The van der Waals surface area contributed by atoms with Crippen molar-refractivity contribution in [3.63, 3.8) is 0 Å². The molecule has 1 N–H and O–H groups in total. The van der Waals surface area contributed by atoms with E-state index in [0.29, 0.717) is 0 Å². The fourth-order valence-corrected chi connectivity index (χ4v) is 2.60. The largest absolute Gasteiger partial charge is 0.322 e. The Morgan fingerprint density at radius 1 is 1.29 bits per heavy atom. The van der Waals surface area contributed by atoms with Gasteiger partial charge in [-0.2, -0.15) is 0 Å². The Morgan fingerprint density at radius 3 is 2.65 bits per heavy atom. The molecule has 0 aliphatic rings. The molecule has 2 heterocycles. The highest BCUT2D eigenvalue weighted by Crippen LogP contribution is 2.21. The molecule has 0 unspecified atom stereocenters. The third-order valence-electron chi connectivity index (χ3n) is 2.44. The highest BCUT2D eigenvalue weighted by atomic mass is 32.1. The summed E-state index contributed by atoms with van der Waals surface area (Å²) in [5.74, 6) is -0.0579. The van der Waals surface area contributed by atoms with Crippen molar-refractivity contribution in [1.29, 1.82) is 0 Å². The van der Waals surface area contributed by atoms with Crippen molar-refractivity contribution in [1.82, 2.24) is 4.98 Å². The van der Waals surface area contributed by atoms with Crippen LogP contribution in [0.5, 0.6) is 0 Å². The van der Waals surface area contributed by atoms with Crippen molar-refractivity contribution in [2.45, 2.75) is 20.8 Å². The highest BCUT2D eigenvalue weighted by molar-refractivity contribution is 7.12. The summed E-state index contributed by atoms with van der Waals surface area (Å²) in [6.45, 7) is 5.87. The molecule has 0 radical (unpaired) electrons. The topological polar surface area (TPSA) is 42.0 Å². The minimum atomic E-state index is -0.0579. The van der Waals surface area contributed by atoms with E-state index in [-0.39, 0.29) is 5.91 Å². The van der Waals surface area contributed by atoms with Crippen molar-refractivity contribution in [2.75, 3.05) is 5.32 Å². The van der Waals surface area contributed by atoms with Gasteiger partial charge in [-0.3, -0.25) is 9.78 Å². The van der Waals surface area contributed by atoms with E-state index in [1.54, 1.807) is 23.6 Å². The average Bonchev–Trinajstić information content (AvgIpc) is 2.58. The van der Waals surface area contributed by atoms with Gasteiger partial charge in [0.15, 0.2) is 0 Å². The van der Waals surface area contributed by atoms with Crippen LogP contribution in [0.4, 0.5) is 5.69 Å². The van der Waals surface area contributed by atoms with Crippen molar-refractivity contribution in [2.24, 2.45) is 0 Å². The van der Waals surface area contributed by atoms with E-state index in [1.807, 2.05) is 32.9 Å². The first-order valence-corrected chi connectivity index (χ1v) is 6.19. The van der Waals surface area contributed by atoms with Crippen molar-refractivity contribution in [3.8, 4) is 0 Å². The Bertz CT molecular complexity index is 560. The van der Waals surface area contributed by atoms with Crippen LogP contribution < -0.4 is 5.32 Å². The predicted octanol–water partition coefficient (Wildman–Crippen LogP) is 3.32. The van der Waals surface area contributed by atoms with Crippen LogP contribution in [0, 0.1) is 20.8 Å². The van der Waals surface area contributed by atoms with Gasteiger partial charge in [0.1, 0.15) is 0 Å². The molecular formula is C13H14N2OS. The summed E-state index contributed by atoms with van der Waals surface area (Å²) in [7, 11) is 0. The Hall–Kier alpha value is -1.68. The maximum absolute atomic E-state index is 12.0. The minimum absolute atomic E-state index is 0.0579. The van der Waals surface area contributed by atoms with Crippen molar-refractivity contribution < 1.29 is 4.79 Å². The second-order valence-corrected chi connectivity index (χ2v) is 5.43. The zero-order chi connectivity index (χ0) is 12.4. The fraction of sp³-hybridized carbons (Fsp3) is 0.231. The molecule has 2 aromatic rings. The predicted molar refractivity (Wildman–Crippen MR) is 70.7 cm³/mol. The van der Waals surface area contributed by atoms with Gasteiger partial charge in [-0.05, 0) is 39.0 Å². The summed E-state index contributed by atoms with van der Waals surface area (Å²) in [6, 6.07) is 5.56. The number of hydrogen-bond acceptors (Lipinski definition) is 3. The summed E-state index contributed by atoms with van der Waals surface area (Å²) in [5, 5.41) is 2.88. The first-order chi connectivity index (χ1) is 8.06. The van der Waals surface area contributed by atoms with Gasteiger partial charge in [0.25, 0.3) is 5.91 Å². The van der Waals surface area contributed by atoms with Crippen LogP contribution in [0.25, 0.3) is 0 Å². The number of aromatic nitrogens is 1. The van der Waals surface area contributed by atoms with E-state index >= 15 is 0 Å². The standard InChI is InChI=1S/C13H14N2OS/c1-8-6-11(4-5-14-8)15-13(16)12-7-9(2)17-10(12)3/h4-7H,1-3H3,(H,14,15,16). The minimum Gasteiger partial charge on any atom is -0.322 e. The molecule has 0 bridgehead atoms. The molecule has 0 aliphatic carbocycles. The maximum Gasteiger partial charge on any atom is 0.256 e. The third kappa shape index (κ3) is 2.71. The van der Waals surface area contributed by atoms with Gasteiger partial charge in [-0.25, -0.2) is 0 Å². The molecule has 0 fully saturated rings. The van der Waals surface area contributed by atoms with Gasteiger partial charge < -0.3 is 5.32 Å². The zero-order valence-corrected chi connectivity index (χ0v) is 10.9. The molecule has 2 aromatic heterocycles. The summed E-state index contributed by atoms with van der Waals surface area (Å²) < 4.78 is 0. The molecule has 0 aliphatic heterocycles. The molecule has 3 nitrogen and oxygen atoms in total. The first-order valence-electron chi connectivity index (χ1n) is 5.37. The van der Waals surface area contributed by atoms with E-state index < -0.39 is 0 Å². The second-order valence-electron chi connectivity index (χ2n) is 3.97. The quantitative estimate of drug-likeness (QED) is 0.883. The van der Waals surface area contributed by atoms with Gasteiger partial charge in [0.2, 0.25) is 0 Å². The Balaban J connectivity index is 2.20. The number of amides is 1. The molecule has 0 spiro atoms. The normalized spacial score (nSPS) is 10.3. The molecule has 0 saturated carbocycles. The van der Waals surface area contributed by atoms with Gasteiger partial charge in [0, 0.05) is 27.3 Å². The number of nitrogens with one attached hydrogen (secondary N) is 1. The molecule has 1 amide bonds. The maximum atomic E-state index is 12.0. The number of hydrogen-bond donors (Lipinski definition) is 1. The number of thiophene rings is 1. The molecule has 17 heavy (non-hydrogen) atoms. The van der Waals surface area contributed by atoms with E-state index in [1.165, 1.54) is 0 Å². The number of pyridine rings is 1. The fourth-order valence-electron chi connectivity index (χ4n) is 1.68. The molecule has 88 valence electrons. The van der Waals surface area contributed by atoms with Gasteiger partial charge in [0.05, 0.1) is 5.56 Å². The lowest BCUT2D eigenvalue weighted by Gasteiger charge is -2.04. The number of carbonyl (C=O) groups is 1. The number of aryl methyl sites for hydroxylation is 3. The lowest BCUT2D eigenvalue weighted by molar-refractivity contribution is 0.102. The second kappa shape index (κ2) is 4.67. The Labute approximate surface area is 105 Å². The van der Waals surface area contributed by atoms with Gasteiger partial charge in [-0.1, -0.05) is 0 Å². The number of rotatable bonds is 2. The highest BCUT2D eigenvalue weighted by Gasteiger charge is 2.11. The molecule has 0 aromatic carbocycles. The molecule has 0 saturated heterocycles. The Kier molecular flexibility index (Phi) is 3.24. The summed E-state index contributed by atoms with van der Waals surface area (Å²) in [6.07, 6.45) is 1.69. The molecule has 4 heteroatoms. The van der Waals surface area contributed by atoms with Gasteiger partial charge in [-0.15, -0.1) is 11.3 Å². The smallest absolute Gasteiger partial charge is 0.256 e. The van der Waals surface area contributed by atoms with Crippen LogP contribution in [-0.2, 0) is 0 Å². The van der Waals surface area contributed by atoms with E-state index in [4.69, 9.17) is 0 Å². The summed E-state index contributed by atoms with van der Waals surface area (Å²) in [5.41, 5.74) is 2.42. The van der Waals surface area contributed by atoms with Crippen LogP contribution in [0.3, 0.4) is 0 Å².